The fraction of sp³-hybridized carbons (Fsp3) is 0. The van der Waals surface area contributed by atoms with E-state index < -0.39 is 0 Å². The molecule has 0 N–H and O–H groups in total. The Morgan fingerprint density at radius 2 is 2.05 bits per heavy atom. The van der Waals surface area contributed by atoms with Gasteiger partial charge in [-0.3, -0.25) is 4.79 Å². The second-order valence-corrected chi connectivity index (χ2v) is 6.91. The number of fused-ring (bicyclic) bond motifs is 1. The summed E-state index contributed by atoms with van der Waals surface area (Å²) < 4.78 is 1.92. The molecule has 3 heterocycles. The molecule has 0 saturated heterocycles. The average molecular weight is 346 g/mol. The van der Waals surface area contributed by atoms with Crippen molar-refractivity contribution in [3.05, 3.63) is 67.3 Å². The Morgan fingerprint density at radius 3 is 2.77 bits per heavy atom. The van der Waals surface area contributed by atoms with Gasteiger partial charge in [-0.15, -0.1) is 16.4 Å². The predicted molar refractivity (Wildman–Crippen MR) is 90.7 cm³/mol. The van der Waals surface area contributed by atoms with Crippen molar-refractivity contribution in [2.75, 3.05) is 0 Å². The van der Waals surface area contributed by atoms with Gasteiger partial charge in [-0.1, -0.05) is 47.2 Å². The summed E-state index contributed by atoms with van der Waals surface area (Å²) in [6.45, 7) is 0. The van der Waals surface area contributed by atoms with E-state index in [1.54, 1.807) is 23.5 Å². The Kier molecular flexibility index (Phi) is 3.29. The van der Waals surface area contributed by atoms with Gasteiger partial charge in [0.15, 0.2) is 5.82 Å². The summed E-state index contributed by atoms with van der Waals surface area (Å²) in [7, 11) is 0. The smallest absolute Gasteiger partial charge is 0.266 e. The maximum atomic E-state index is 12.4. The van der Waals surface area contributed by atoms with Crippen molar-refractivity contribution in [3.63, 3.8) is 0 Å². The van der Waals surface area contributed by atoms with Gasteiger partial charge in [0.05, 0.1) is 9.41 Å². The van der Waals surface area contributed by atoms with Gasteiger partial charge in [-0.25, -0.2) is 0 Å². The summed E-state index contributed by atoms with van der Waals surface area (Å²) in [5, 5.41) is 6.87. The summed E-state index contributed by atoms with van der Waals surface area (Å²) in [5.74, 6) is 0.586. The lowest BCUT2D eigenvalue weighted by atomic mass is 10.2. The molecule has 0 fully saturated rings. The Balaban J connectivity index is 1.88. The number of hydrogen-bond donors (Lipinski definition) is 0. The molecule has 0 saturated carbocycles. The molecule has 0 aliphatic rings. The summed E-state index contributed by atoms with van der Waals surface area (Å²) in [5.41, 5.74) is 0.638. The quantitative estimate of drug-likeness (QED) is 0.561. The molecule has 4 rings (SSSR count). The third-order valence-electron chi connectivity index (χ3n) is 3.12. The Labute approximate surface area is 137 Å². The van der Waals surface area contributed by atoms with Gasteiger partial charge in [0, 0.05) is 5.02 Å². The van der Waals surface area contributed by atoms with Crippen molar-refractivity contribution in [1.82, 2.24) is 14.6 Å². The van der Waals surface area contributed by atoms with Crippen LogP contribution >= 0.6 is 34.3 Å². The van der Waals surface area contributed by atoms with E-state index in [2.05, 4.69) is 10.1 Å². The molecule has 7 heteroatoms. The minimum atomic E-state index is -0.171. The van der Waals surface area contributed by atoms with E-state index in [0.717, 1.165) is 10.4 Å². The van der Waals surface area contributed by atoms with Crippen molar-refractivity contribution in [3.8, 4) is 10.7 Å². The molecule has 0 aliphatic heterocycles. The van der Waals surface area contributed by atoms with Gasteiger partial charge in [-0.05, 0) is 29.2 Å². The Hall–Kier alpha value is -2.02. The van der Waals surface area contributed by atoms with Crippen LogP contribution in [0.15, 0.2) is 46.6 Å². The number of aromatic nitrogens is 3. The second-order valence-electron chi connectivity index (χ2n) is 4.54. The molecule has 1 aromatic carbocycles. The van der Waals surface area contributed by atoms with Gasteiger partial charge in [-0.2, -0.15) is 9.50 Å². The van der Waals surface area contributed by atoms with Gasteiger partial charge in [0.25, 0.3) is 5.56 Å². The molecule has 0 bridgehead atoms. The Bertz CT molecular complexity index is 1070. The summed E-state index contributed by atoms with van der Waals surface area (Å²) in [6.07, 6.45) is 1.77. The third-order valence-corrected chi connectivity index (χ3v) is 5.28. The average Bonchev–Trinajstić information content (AvgIpc) is 3.20. The number of thiazole rings is 1. The van der Waals surface area contributed by atoms with Gasteiger partial charge in [0.1, 0.15) is 0 Å². The van der Waals surface area contributed by atoms with E-state index in [9.17, 15) is 4.79 Å². The maximum absolute atomic E-state index is 12.4. The molecule has 0 spiro atoms. The standard InChI is InChI=1S/C15H8ClN3OS2/c16-10-5-2-1-4-9(10)8-12-14(20)19-15(22-12)17-13(18-19)11-6-3-7-21-11/h1-8H. The lowest BCUT2D eigenvalue weighted by Gasteiger charge is -1.94. The van der Waals surface area contributed by atoms with Crippen LogP contribution in [0.2, 0.25) is 5.02 Å². The van der Waals surface area contributed by atoms with E-state index in [-0.39, 0.29) is 5.56 Å². The zero-order valence-electron chi connectivity index (χ0n) is 11.1. The van der Waals surface area contributed by atoms with Crippen molar-refractivity contribution < 1.29 is 0 Å². The molecule has 4 aromatic rings. The highest BCUT2D eigenvalue weighted by Crippen LogP contribution is 2.21. The maximum Gasteiger partial charge on any atom is 0.291 e. The SMILES string of the molecule is O=c1c(=Cc2ccccc2Cl)sc2nc(-c3cccs3)nn12. The van der Waals surface area contributed by atoms with Crippen LogP contribution in [0.1, 0.15) is 5.56 Å². The molecule has 0 atom stereocenters. The molecule has 108 valence electrons. The van der Waals surface area contributed by atoms with E-state index >= 15 is 0 Å². The first-order valence-electron chi connectivity index (χ1n) is 6.42. The van der Waals surface area contributed by atoms with Crippen LogP contribution in [0.5, 0.6) is 0 Å². The van der Waals surface area contributed by atoms with Crippen LogP contribution in [0.3, 0.4) is 0 Å². The fourth-order valence-corrected chi connectivity index (χ4v) is 3.82. The minimum absolute atomic E-state index is 0.171. The first kappa shape index (κ1) is 13.6. The number of hydrogen-bond acceptors (Lipinski definition) is 5. The number of nitrogens with zero attached hydrogens (tertiary/aromatic N) is 3. The largest absolute Gasteiger partial charge is 0.291 e. The highest BCUT2D eigenvalue weighted by Gasteiger charge is 2.12. The zero-order chi connectivity index (χ0) is 15.1. The first-order chi connectivity index (χ1) is 10.7. The monoisotopic (exact) mass is 345 g/mol. The molecule has 0 radical (unpaired) electrons. The highest BCUT2D eigenvalue weighted by atomic mass is 35.5. The minimum Gasteiger partial charge on any atom is -0.266 e. The van der Waals surface area contributed by atoms with E-state index in [4.69, 9.17) is 11.6 Å². The van der Waals surface area contributed by atoms with Crippen molar-refractivity contribution in [2.24, 2.45) is 0 Å². The second kappa shape index (κ2) is 5.31. The lowest BCUT2D eigenvalue weighted by molar-refractivity contribution is 0.938. The Morgan fingerprint density at radius 1 is 1.18 bits per heavy atom. The van der Waals surface area contributed by atoms with Crippen molar-refractivity contribution in [1.29, 1.82) is 0 Å². The number of halogens is 1. The van der Waals surface area contributed by atoms with Gasteiger partial charge in [0.2, 0.25) is 4.96 Å². The van der Waals surface area contributed by atoms with Crippen LogP contribution in [0, 0.1) is 0 Å². The molecule has 0 aliphatic carbocycles. The van der Waals surface area contributed by atoms with E-state index in [1.807, 2.05) is 35.7 Å². The van der Waals surface area contributed by atoms with E-state index in [0.29, 0.717) is 20.3 Å². The highest BCUT2D eigenvalue weighted by molar-refractivity contribution is 7.15. The summed E-state index contributed by atoms with van der Waals surface area (Å²) >= 11 is 8.99. The summed E-state index contributed by atoms with van der Waals surface area (Å²) in [4.78, 5) is 18.4. The van der Waals surface area contributed by atoms with Crippen LogP contribution in [-0.2, 0) is 0 Å². The van der Waals surface area contributed by atoms with E-state index in [1.165, 1.54) is 15.9 Å². The molecular weight excluding hydrogens is 338 g/mol. The molecule has 0 unspecified atom stereocenters. The van der Waals surface area contributed by atoms with Gasteiger partial charge >= 0.3 is 0 Å². The van der Waals surface area contributed by atoms with Crippen LogP contribution in [0.25, 0.3) is 21.7 Å². The number of rotatable bonds is 2. The lowest BCUT2D eigenvalue weighted by Crippen LogP contribution is -2.23. The molecule has 22 heavy (non-hydrogen) atoms. The third kappa shape index (κ3) is 2.25. The fourth-order valence-electron chi connectivity index (χ4n) is 2.08. The number of benzene rings is 1. The molecular formula is C15H8ClN3OS2. The van der Waals surface area contributed by atoms with Crippen molar-refractivity contribution >= 4 is 45.3 Å². The van der Waals surface area contributed by atoms with Crippen LogP contribution < -0.4 is 10.1 Å². The van der Waals surface area contributed by atoms with Crippen LogP contribution in [0.4, 0.5) is 0 Å². The normalized spacial score (nSPS) is 12.3. The first-order valence-corrected chi connectivity index (χ1v) is 8.49. The van der Waals surface area contributed by atoms with Gasteiger partial charge < -0.3 is 0 Å². The van der Waals surface area contributed by atoms with Crippen LogP contribution in [-0.4, -0.2) is 14.6 Å². The molecule has 3 aromatic heterocycles. The molecule has 0 amide bonds. The van der Waals surface area contributed by atoms with Crippen molar-refractivity contribution in [2.45, 2.75) is 0 Å². The molecule has 4 nitrogen and oxygen atoms in total. The zero-order valence-corrected chi connectivity index (χ0v) is 13.5. The topological polar surface area (TPSA) is 47.3 Å². The predicted octanol–water partition coefficient (Wildman–Crippen LogP) is 3.08. The number of thiophene rings is 1. The summed E-state index contributed by atoms with van der Waals surface area (Å²) in [6, 6.07) is 11.3.